The highest BCUT2D eigenvalue weighted by Gasteiger charge is 2.13. The lowest BCUT2D eigenvalue weighted by atomic mass is 9.91. The van der Waals surface area contributed by atoms with E-state index in [1.54, 1.807) is 12.1 Å². The SMILES string of the molecule is N#CC(CCCOc1cccc(F)c1)c1cccc2ccccc12. The van der Waals surface area contributed by atoms with Crippen LogP contribution in [0.3, 0.4) is 0 Å². The molecule has 0 bridgehead atoms. The average molecular weight is 319 g/mol. The number of nitriles is 1. The molecular formula is C21H18FNO. The predicted octanol–water partition coefficient (Wildman–Crippen LogP) is 5.45. The molecule has 3 aromatic rings. The van der Waals surface area contributed by atoms with Gasteiger partial charge in [0.05, 0.1) is 18.6 Å². The summed E-state index contributed by atoms with van der Waals surface area (Å²) < 4.78 is 18.7. The lowest BCUT2D eigenvalue weighted by Gasteiger charge is -2.13. The van der Waals surface area contributed by atoms with Crippen LogP contribution in [0.4, 0.5) is 4.39 Å². The summed E-state index contributed by atoms with van der Waals surface area (Å²) in [6.07, 6.45) is 1.44. The molecule has 2 nitrogen and oxygen atoms in total. The van der Waals surface area contributed by atoms with E-state index in [-0.39, 0.29) is 11.7 Å². The molecule has 0 amide bonds. The van der Waals surface area contributed by atoms with E-state index in [0.717, 1.165) is 22.8 Å². The number of halogens is 1. The van der Waals surface area contributed by atoms with Gasteiger partial charge in [0.1, 0.15) is 11.6 Å². The minimum absolute atomic E-state index is 0.174. The van der Waals surface area contributed by atoms with Crippen molar-refractivity contribution in [2.24, 2.45) is 0 Å². The Morgan fingerprint density at radius 1 is 1.00 bits per heavy atom. The minimum atomic E-state index is -0.307. The molecule has 0 aliphatic heterocycles. The standard InChI is InChI=1S/C21H18FNO/c22-18-9-4-10-19(14-18)24-13-5-8-17(15-23)21-12-3-7-16-6-1-2-11-20(16)21/h1-4,6-7,9-12,14,17H,5,8,13H2. The molecule has 3 rings (SSSR count). The summed E-state index contributed by atoms with van der Waals surface area (Å²) in [6, 6.07) is 22.7. The van der Waals surface area contributed by atoms with Crippen LogP contribution >= 0.6 is 0 Å². The molecular weight excluding hydrogens is 301 g/mol. The number of benzene rings is 3. The Balaban J connectivity index is 1.64. The van der Waals surface area contributed by atoms with E-state index in [1.807, 2.05) is 24.3 Å². The van der Waals surface area contributed by atoms with Crippen molar-refractivity contribution < 1.29 is 9.13 Å². The van der Waals surface area contributed by atoms with Crippen molar-refractivity contribution in [2.75, 3.05) is 6.61 Å². The van der Waals surface area contributed by atoms with E-state index in [4.69, 9.17) is 4.74 Å². The van der Waals surface area contributed by atoms with Gasteiger partial charge in [-0.25, -0.2) is 4.39 Å². The zero-order valence-electron chi connectivity index (χ0n) is 13.3. The summed E-state index contributed by atoms with van der Waals surface area (Å²) in [5, 5.41) is 11.8. The zero-order chi connectivity index (χ0) is 16.8. The maximum Gasteiger partial charge on any atom is 0.126 e. The van der Waals surface area contributed by atoms with Gasteiger partial charge in [0.15, 0.2) is 0 Å². The first kappa shape index (κ1) is 16.0. The van der Waals surface area contributed by atoms with E-state index < -0.39 is 0 Å². The Bertz CT molecular complexity index is 864. The fourth-order valence-corrected chi connectivity index (χ4v) is 2.88. The number of hydrogen-bond donors (Lipinski definition) is 0. The third kappa shape index (κ3) is 3.72. The van der Waals surface area contributed by atoms with Crippen LogP contribution in [-0.4, -0.2) is 6.61 Å². The highest BCUT2D eigenvalue weighted by atomic mass is 19.1. The van der Waals surface area contributed by atoms with E-state index in [1.165, 1.54) is 12.1 Å². The average Bonchev–Trinajstić information content (AvgIpc) is 2.62. The second kappa shape index (κ2) is 7.61. The van der Waals surface area contributed by atoms with Gasteiger partial charge < -0.3 is 4.74 Å². The first-order valence-electron chi connectivity index (χ1n) is 8.03. The number of nitrogens with zero attached hydrogens (tertiary/aromatic N) is 1. The number of rotatable bonds is 6. The first-order chi connectivity index (χ1) is 11.8. The van der Waals surface area contributed by atoms with Crippen molar-refractivity contribution in [1.29, 1.82) is 5.26 Å². The molecule has 1 atom stereocenters. The van der Waals surface area contributed by atoms with Gasteiger partial charge in [-0.15, -0.1) is 0 Å². The van der Waals surface area contributed by atoms with Gasteiger partial charge >= 0.3 is 0 Å². The molecule has 3 heteroatoms. The Morgan fingerprint density at radius 2 is 1.79 bits per heavy atom. The van der Waals surface area contributed by atoms with Gasteiger partial charge in [0.2, 0.25) is 0 Å². The molecule has 0 spiro atoms. The summed E-state index contributed by atoms with van der Waals surface area (Å²) in [5.41, 5.74) is 1.06. The highest BCUT2D eigenvalue weighted by Crippen LogP contribution is 2.28. The van der Waals surface area contributed by atoms with Crippen molar-refractivity contribution in [3.05, 3.63) is 78.1 Å². The van der Waals surface area contributed by atoms with Crippen molar-refractivity contribution in [1.82, 2.24) is 0 Å². The minimum Gasteiger partial charge on any atom is -0.493 e. The van der Waals surface area contributed by atoms with Crippen molar-refractivity contribution in [3.63, 3.8) is 0 Å². The lowest BCUT2D eigenvalue weighted by Crippen LogP contribution is -2.02. The van der Waals surface area contributed by atoms with Crippen molar-refractivity contribution in [3.8, 4) is 11.8 Å². The monoisotopic (exact) mass is 319 g/mol. The lowest BCUT2D eigenvalue weighted by molar-refractivity contribution is 0.303. The highest BCUT2D eigenvalue weighted by molar-refractivity contribution is 5.86. The molecule has 1 unspecified atom stereocenters. The molecule has 0 aromatic heterocycles. The van der Waals surface area contributed by atoms with E-state index in [2.05, 4.69) is 24.3 Å². The number of ether oxygens (including phenoxy) is 1. The smallest absolute Gasteiger partial charge is 0.126 e. The largest absolute Gasteiger partial charge is 0.493 e. The van der Waals surface area contributed by atoms with Gasteiger partial charge in [0.25, 0.3) is 0 Å². The molecule has 0 fully saturated rings. The molecule has 0 heterocycles. The maximum atomic E-state index is 13.1. The Kier molecular flexibility index (Phi) is 5.08. The molecule has 0 saturated carbocycles. The molecule has 0 aliphatic rings. The maximum absolute atomic E-state index is 13.1. The molecule has 120 valence electrons. The van der Waals surface area contributed by atoms with E-state index in [0.29, 0.717) is 18.8 Å². The van der Waals surface area contributed by atoms with Gasteiger partial charge in [-0.1, -0.05) is 48.5 Å². The van der Waals surface area contributed by atoms with Crippen LogP contribution in [0.25, 0.3) is 10.8 Å². The fourth-order valence-electron chi connectivity index (χ4n) is 2.88. The Hall–Kier alpha value is -2.86. The fraction of sp³-hybridized carbons (Fsp3) is 0.190. The van der Waals surface area contributed by atoms with Crippen LogP contribution in [0.2, 0.25) is 0 Å². The van der Waals surface area contributed by atoms with Crippen LogP contribution in [0.15, 0.2) is 66.7 Å². The number of fused-ring (bicyclic) bond motifs is 1. The van der Waals surface area contributed by atoms with Gasteiger partial charge in [-0.2, -0.15) is 5.26 Å². The summed E-state index contributed by atoms with van der Waals surface area (Å²) in [4.78, 5) is 0. The zero-order valence-corrected chi connectivity index (χ0v) is 13.3. The third-order valence-electron chi connectivity index (χ3n) is 4.06. The van der Waals surface area contributed by atoms with Crippen LogP contribution < -0.4 is 4.74 Å². The van der Waals surface area contributed by atoms with Crippen molar-refractivity contribution in [2.45, 2.75) is 18.8 Å². The van der Waals surface area contributed by atoms with E-state index in [9.17, 15) is 9.65 Å². The molecule has 0 radical (unpaired) electrons. The number of hydrogen-bond acceptors (Lipinski definition) is 2. The van der Waals surface area contributed by atoms with Crippen LogP contribution in [0.5, 0.6) is 5.75 Å². The second-order valence-electron chi connectivity index (χ2n) is 5.70. The normalized spacial score (nSPS) is 11.8. The quantitative estimate of drug-likeness (QED) is 0.566. The van der Waals surface area contributed by atoms with Gasteiger partial charge in [-0.05, 0) is 41.3 Å². The van der Waals surface area contributed by atoms with Gasteiger partial charge in [0, 0.05) is 6.07 Å². The molecule has 0 N–H and O–H groups in total. The predicted molar refractivity (Wildman–Crippen MR) is 93.4 cm³/mol. The van der Waals surface area contributed by atoms with Crippen LogP contribution in [0, 0.1) is 17.1 Å². The van der Waals surface area contributed by atoms with Crippen LogP contribution in [0.1, 0.15) is 24.3 Å². The summed E-state index contributed by atoms with van der Waals surface area (Å²) in [6.45, 7) is 0.465. The van der Waals surface area contributed by atoms with E-state index >= 15 is 0 Å². The molecule has 0 saturated heterocycles. The van der Waals surface area contributed by atoms with Gasteiger partial charge in [-0.3, -0.25) is 0 Å². The Labute approximate surface area is 141 Å². The molecule has 24 heavy (non-hydrogen) atoms. The Morgan fingerprint density at radius 3 is 2.62 bits per heavy atom. The third-order valence-corrected chi connectivity index (χ3v) is 4.06. The topological polar surface area (TPSA) is 33.0 Å². The van der Waals surface area contributed by atoms with Crippen LogP contribution in [-0.2, 0) is 0 Å². The summed E-state index contributed by atoms with van der Waals surface area (Å²) >= 11 is 0. The summed E-state index contributed by atoms with van der Waals surface area (Å²) in [5.74, 6) is 0.0408. The second-order valence-corrected chi connectivity index (χ2v) is 5.70. The molecule has 0 aliphatic carbocycles. The first-order valence-corrected chi connectivity index (χ1v) is 8.03. The molecule has 3 aromatic carbocycles. The summed E-state index contributed by atoms with van der Waals surface area (Å²) in [7, 11) is 0. The van der Waals surface area contributed by atoms with Crippen molar-refractivity contribution >= 4 is 10.8 Å².